The number of nitrogens with two attached hydrogens (primary N) is 1. The number of hydrogen-bond donors (Lipinski definition) is 1. The molecule has 0 amide bonds. The van der Waals surface area contributed by atoms with Gasteiger partial charge in [-0.05, 0) is 11.6 Å². The number of nitrogens with zero attached hydrogens (tertiary/aromatic N) is 2. The molecule has 0 radical (unpaired) electrons. The molecule has 0 saturated heterocycles. The van der Waals surface area contributed by atoms with E-state index in [4.69, 9.17) is 18.0 Å². The molecular weight excluding hydrogens is 262 g/mol. The van der Waals surface area contributed by atoms with Crippen LogP contribution in [0.5, 0.6) is 0 Å². The molecule has 92 valence electrons. The first kappa shape index (κ1) is 11.7. The topological polar surface area (TPSA) is 43.8 Å². The van der Waals surface area contributed by atoms with Gasteiger partial charge in [-0.25, -0.2) is 4.98 Å². The fourth-order valence-corrected chi connectivity index (χ4v) is 3.71. The minimum atomic E-state index is 0.360. The molecule has 3 nitrogen and oxygen atoms in total. The van der Waals surface area contributed by atoms with E-state index in [2.05, 4.69) is 33.8 Å². The number of thioether (sulfide) groups is 1. The SMILES string of the molecule is NC(=S)c1nccn1CC1CSc2ccccc21. The molecule has 5 heteroatoms. The molecule has 1 aliphatic rings. The van der Waals surface area contributed by atoms with Crippen LogP contribution in [0.15, 0.2) is 41.6 Å². The van der Waals surface area contributed by atoms with Crippen LogP contribution in [0.25, 0.3) is 0 Å². The second-order valence-corrected chi connectivity index (χ2v) is 5.81. The van der Waals surface area contributed by atoms with Crippen molar-refractivity contribution >= 4 is 29.0 Å². The molecule has 18 heavy (non-hydrogen) atoms. The monoisotopic (exact) mass is 275 g/mol. The summed E-state index contributed by atoms with van der Waals surface area (Å²) in [7, 11) is 0. The first-order chi connectivity index (χ1) is 8.75. The van der Waals surface area contributed by atoms with E-state index in [9.17, 15) is 0 Å². The van der Waals surface area contributed by atoms with Crippen LogP contribution >= 0.6 is 24.0 Å². The summed E-state index contributed by atoms with van der Waals surface area (Å²) in [5.41, 5.74) is 7.09. The third-order valence-corrected chi connectivity index (χ3v) is 4.59. The Morgan fingerprint density at radius 1 is 1.50 bits per heavy atom. The van der Waals surface area contributed by atoms with E-state index in [1.807, 2.05) is 18.0 Å². The highest BCUT2D eigenvalue weighted by molar-refractivity contribution is 7.99. The Kier molecular flexibility index (Phi) is 3.09. The van der Waals surface area contributed by atoms with Crippen molar-refractivity contribution in [1.82, 2.24) is 9.55 Å². The van der Waals surface area contributed by atoms with E-state index in [1.54, 1.807) is 6.20 Å². The molecule has 0 aliphatic carbocycles. The average molecular weight is 275 g/mol. The summed E-state index contributed by atoms with van der Waals surface area (Å²) in [5.74, 6) is 2.32. The van der Waals surface area contributed by atoms with Crippen molar-refractivity contribution in [1.29, 1.82) is 0 Å². The van der Waals surface area contributed by atoms with Gasteiger partial charge in [-0.15, -0.1) is 11.8 Å². The first-order valence-electron chi connectivity index (χ1n) is 5.78. The fourth-order valence-electron chi connectivity index (χ4n) is 2.30. The average Bonchev–Trinajstić information content (AvgIpc) is 2.97. The van der Waals surface area contributed by atoms with Gasteiger partial charge >= 0.3 is 0 Å². The van der Waals surface area contributed by atoms with Crippen molar-refractivity contribution in [3.05, 3.63) is 48.0 Å². The quantitative estimate of drug-likeness (QED) is 0.874. The maximum atomic E-state index is 5.67. The highest BCUT2D eigenvalue weighted by Crippen LogP contribution is 2.40. The van der Waals surface area contributed by atoms with Gasteiger partial charge in [-0.2, -0.15) is 0 Å². The molecule has 3 rings (SSSR count). The maximum Gasteiger partial charge on any atom is 0.167 e. The fraction of sp³-hybridized carbons (Fsp3) is 0.231. The van der Waals surface area contributed by atoms with E-state index in [1.165, 1.54) is 10.5 Å². The molecule has 1 aromatic carbocycles. The molecule has 0 saturated carbocycles. The zero-order valence-electron chi connectivity index (χ0n) is 9.74. The smallest absolute Gasteiger partial charge is 0.167 e. The Balaban J connectivity index is 1.86. The third kappa shape index (κ3) is 2.04. The molecule has 0 bridgehead atoms. The molecule has 0 spiro atoms. The highest BCUT2D eigenvalue weighted by Gasteiger charge is 2.23. The van der Waals surface area contributed by atoms with Crippen LogP contribution in [0, 0.1) is 0 Å². The molecule has 1 aromatic heterocycles. The Morgan fingerprint density at radius 2 is 2.33 bits per heavy atom. The van der Waals surface area contributed by atoms with Gasteiger partial charge in [0.15, 0.2) is 5.82 Å². The number of hydrogen-bond acceptors (Lipinski definition) is 3. The zero-order valence-corrected chi connectivity index (χ0v) is 11.4. The summed E-state index contributed by atoms with van der Waals surface area (Å²) in [6.45, 7) is 0.886. The van der Waals surface area contributed by atoms with Gasteiger partial charge in [0.1, 0.15) is 4.99 Å². The normalized spacial score (nSPS) is 17.7. The Bertz CT molecular complexity index is 591. The molecule has 1 aliphatic heterocycles. The number of imidazole rings is 1. The van der Waals surface area contributed by atoms with Crippen molar-refractivity contribution < 1.29 is 0 Å². The van der Waals surface area contributed by atoms with Crippen molar-refractivity contribution in [3.8, 4) is 0 Å². The summed E-state index contributed by atoms with van der Waals surface area (Å²) in [6, 6.07) is 8.58. The number of benzene rings is 1. The van der Waals surface area contributed by atoms with Crippen LogP contribution in [0.3, 0.4) is 0 Å². The van der Waals surface area contributed by atoms with Crippen molar-refractivity contribution in [2.24, 2.45) is 5.73 Å². The van der Waals surface area contributed by atoms with E-state index in [-0.39, 0.29) is 0 Å². The molecule has 2 heterocycles. The number of fused-ring (bicyclic) bond motifs is 1. The Labute approximate surface area is 115 Å². The van der Waals surface area contributed by atoms with Gasteiger partial charge in [0.25, 0.3) is 0 Å². The summed E-state index contributed by atoms with van der Waals surface area (Å²) >= 11 is 6.93. The summed E-state index contributed by atoms with van der Waals surface area (Å²) in [4.78, 5) is 5.95. The first-order valence-corrected chi connectivity index (χ1v) is 7.18. The summed E-state index contributed by atoms with van der Waals surface area (Å²) in [5, 5.41) is 0. The van der Waals surface area contributed by atoms with Gasteiger partial charge < -0.3 is 10.3 Å². The number of rotatable bonds is 3. The summed E-state index contributed by atoms with van der Waals surface area (Å²) in [6.07, 6.45) is 3.70. The molecule has 1 atom stereocenters. The largest absolute Gasteiger partial charge is 0.387 e. The summed E-state index contributed by atoms with van der Waals surface area (Å²) < 4.78 is 2.05. The second-order valence-electron chi connectivity index (χ2n) is 4.31. The van der Waals surface area contributed by atoms with Gasteiger partial charge in [0, 0.05) is 35.5 Å². The maximum absolute atomic E-state index is 5.67. The highest BCUT2D eigenvalue weighted by atomic mass is 32.2. The zero-order chi connectivity index (χ0) is 12.5. The third-order valence-electron chi connectivity index (χ3n) is 3.15. The van der Waals surface area contributed by atoms with Crippen LogP contribution < -0.4 is 5.73 Å². The van der Waals surface area contributed by atoms with Crippen molar-refractivity contribution in [3.63, 3.8) is 0 Å². The lowest BCUT2D eigenvalue weighted by Gasteiger charge is -2.13. The lowest BCUT2D eigenvalue weighted by molar-refractivity contribution is 0.601. The molecule has 2 N–H and O–H groups in total. The van der Waals surface area contributed by atoms with Crippen LogP contribution in [-0.4, -0.2) is 20.3 Å². The number of thiocarbonyl (C=S) groups is 1. The lowest BCUT2D eigenvalue weighted by Crippen LogP contribution is -2.19. The molecule has 0 fully saturated rings. The van der Waals surface area contributed by atoms with Crippen molar-refractivity contribution in [2.45, 2.75) is 17.4 Å². The van der Waals surface area contributed by atoms with Crippen LogP contribution in [0.2, 0.25) is 0 Å². The van der Waals surface area contributed by atoms with E-state index < -0.39 is 0 Å². The predicted molar refractivity (Wildman–Crippen MR) is 78.0 cm³/mol. The second kappa shape index (κ2) is 4.74. The van der Waals surface area contributed by atoms with Crippen molar-refractivity contribution in [2.75, 3.05) is 5.75 Å². The molecule has 1 unspecified atom stereocenters. The van der Waals surface area contributed by atoms with Gasteiger partial charge in [-0.3, -0.25) is 0 Å². The predicted octanol–water partition coefficient (Wildman–Crippen LogP) is 2.41. The molecule has 2 aromatic rings. The van der Waals surface area contributed by atoms with Gasteiger partial charge in [0.2, 0.25) is 0 Å². The van der Waals surface area contributed by atoms with Crippen LogP contribution in [0.1, 0.15) is 17.3 Å². The van der Waals surface area contributed by atoms with Gasteiger partial charge in [-0.1, -0.05) is 30.4 Å². The Hall–Kier alpha value is -1.33. The van der Waals surface area contributed by atoms with Gasteiger partial charge in [0.05, 0.1) is 0 Å². The minimum absolute atomic E-state index is 0.360. The van der Waals surface area contributed by atoms with E-state index in [0.717, 1.165) is 12.3 Å². The van der Waals surface area contributed by atoms with Crippen LogP contribution in [0.4, 0.5) is 0 Å². The van der Waals surface area contributed by atoms with E-state index >= 15 is 0 Å². The standard InChI is InChI=1S/C13H13N3S2/c14-12(17)13-15-5-6-16(13)7-9-8-18-11-4-2-1-3-10(9)11/h1-6,9H,7-8H2,(H2,14,17). The number of aromatic nitrogens is 2. The lowest BCUT2D eigenvalue weighted by atomic mass is 10.0. The minimum Gasteiger partial charge on any atom is -0.387 e. The Morgan fingerprint density at radius 3 is 3.17 bits per heavy atom. The van der Waals surface area contributed by atoms with E-state index in [0.29, 0.717) is 16.7 Å². The van der Waals surface area contributed by atoms with Crippen LogP contribution in [-0.2, 0) is 6.54 Å². The molecular formula is C13H13N3S2.